The van der Waals surface area contributed by atoms with E-state index in [9.17, 15) is 0 Å². The first-order chi connectivity index (χ1) is 12.9. The van der Waals surface area contributed by atoms with E-state index in [0.29, 0.717) is 0 Å². The Labute approximate surface area is 187 Å². The maximum atomic E-state index is 5.68. The molecule has 0 bridgehead atoms. The van der Waals surface area contributed by atoms with Crippen LogP contribution in [0.5, 0.6) is 0 Å². The zero-order chi connectivity index (χ0) is 18.8. The third kappa shape index (κ3) is 2.92. The van der Waals surface area contributed by atoms with Crippen LogP contribution in [0, 0.1) is 6.42 Å². The van der Waals surface area contributed by atoms with Crippen molar-refractivity contribution in [2.24, 2.45) is 0 Å². The molecule has 0 saturated carbocycles. The molecule has 0 amide bonds. The van der Waals surface area contributed by atoms with Crippen LogP contribution in [-0.2, 0) is 37.0 Å². The monoisotopic (exact) mass is 443 g/mol. The predicted molar refractivity (Wildman–Crippen MR) is 113 cm³/mol. The van der Waals surface area contributed by atoms with E-state index in [4.69, 9.17) is 4.42 Å². The van der Waals surface area contributed by atoms with Crippen molar-refractivity contribution in [1.29, 1.82) is 0 Å². The molecular formula is C26H25OZr. The number of hydrogen-bond donors (Lipinski definition) is 0. The van der Waals surface area contributed by atoms with Gasteiger partial charge in [-0.15, -0.1) is 0 Å². The van der Waals surface area contributed by atoms with E-state index < -0.39 is 0 Å². The summed E-state index contributed by atoms with van der Waals surface area (Å²) in [5, 5.41) is 0. The van der Waals surface area contributed by atoms with E-state index in [1.54, 1.807) is 6.26 Å². The van der Waals surface area contributed by atoms with Crippen LogP contribution in [-0.4, -0.2) is 0 Å². The van der Waals surface area contributed by atoms with Crippen LogP contribution in [0.3, 0.4) is 0 Å². The minimum atomic E-state index is 0. The van der Waals surface area contributed by atoms with Crippen molar-refractivity contribution in [2.75, 3.05) is 0 Å². The number of furan rings is 1. The van der Waals surface area contributed by atoms with Gasteiger partial charge in [0.05, 0.1) is 6.26 Å². The molecule has 1 nitrogen and oxygen atoms in total. The zero-order valence-corrected chi connectivity index (χ0v) is 19.4. The third-order valence-corrected chi connectivity index (χ3v) is 6.17. The number of allylic oxidation sites excluding steroid dienone is 1. The maximum absolute atomic E-state index is 5.68. The number of rotatable bonds is 2. The van der Waals surface area contributed by atoms with Crippen molar-refractivity contribution in [2.45, 2.75) is 44.9 Å². The van der Waals surface area contributed by atoms with Crippen LogP contribution in [0.15, 0.2) is 59.2 Å². The van der Waals surface area contributed by atoms with Crippen LogP contribution >= 0.6 is 0 Å². The van der Waals surface area contributed by atoms with Crippen molar-refractivity contribution in [3.05, 3.63) is 89.2 Å². The Morgan fingerprint density at radius 3 is 2.32 bits per heavy atom. The molecule has 0 unspecified atom stereocenters. The summed E-state index contributed by atoms with van der Waals surface area (Å²) in [6.07, 6.45) is 7.50. The summed E-state index contributed by atoms with van der Waals surface area (Å²) < 4.78 is 5.68. The minimum Gasteiger partial charge on any atom is -0.465 e. The summed E-state index contributed by atoms with van der Waals surface area (Å²) in [5.41, 5.74) is 9.85. The molecule has 1 radical (unpaired) electrons. The fourth-order valence-electron chi connectivity index (χ4n) is 5.37. The van der Waals surface area contributed by atoms with Gasteiger partial charge >= 0.3 is 0 Å². The molecule has 2 aromatic carbocycles. The van der Waals surface area contributed by atoms with Crippen LogP contribution < -0.4 is 0 Å². The molecule has 2 aliphatic rings. The SMILES string of the molecule is CC1(C)CC(C)(C)c2c1cc1c(c2-c2ccccc2)C=C(c2ccco2)[CH]1.[Zr]. The summed E-state index contributed by atoms with van der Waals surface area (Å²) in [6, 6.07) is 17.3. The second-order valence-corrected chi connectivity index (χ2v) is 9.21. The molecule has 0 saturated heterocycles. The van der Waals surface area contributed by atoms with E-state index in [-0.39, 0.29) is 37.0 Å². The van der Waals surface area contributed by atoms with Crippen LogP contribution in [0.4, 0.5) is 0 Å². The van der Waals surface area contributed by atoms with E-state index in [1.807, 2.05) is 12.1 Å². The topological polar surface area (TPSA) is 13.1 Å². The molecule has 0 spiro atoms. The second-order valence-electron chi connectivity index (χ2n) is 9.21. The first-order valence-corrected chi connectivity index (χ1v) is 9.75. The Balaban J connectivity index is 0.00000192. The van der Waals surface area contributed by atoms with Crippen molar-refractivity contribution >= 4 is 11.6 Å². The summed E-state index contributed by atoms with van der Waals surface area (Å²) in [7, 11) is 0. The van der Waals surface area contributed by atoms with Crippen LogP contribution in [0.25, 0.3) is 22.8 Å². The number of fused-ring (bicyclic) bond motifs is 2. The molecule has 1 heterocycles. The first-order valence-electron chi connectivity index (χ1n) is 9.75. The van der Waals surface area contributed by atoms with Gasteiger partial charge in [-0.3, -0.25) is 0 Å². The van der Waals surface area contributed by atoms with E-state index >= 15 is 0 Å². The average molecular weight is 445 g/mol. The first kappa shape index (κ1) is 19.7. The van der Waals surface area contributed by atoms with Crippen LogP contribution in [0.1, 0.15) is 62.1 Å². The molecule has 28 heavy (non-hydrogen) atoms. The smallest absolute Gasteiger partial charge is 0.130 e. The third-order valence-electron chi connectivity index (χ3n) is 6.17. The average Bonchev–Trinajstić information content (AvgIpc) is 3.32. The van der Waals surface area contributed by atoms with Crippen molar-refractivity contribution in [1.82, 2.24) is 0 Å². The van der Waals surface area contributed by atoms with Crippen molar-refractivity contribution in [3.63, 3.8) is 0 Å². The Morgan fingerprint density at radius 1 is 0.893 bits per heavy atom. The van der Waals surface area contributed by atoms with E-state index in [0.717, 1.165) is 11.3 Å². The zero-order valence-electron chi connectivity index (χ0n) is 17.0. The van der Waals surface area contributed by atoms with Gasteiger partial charge in [0.2, 0.25) is 0 Å². The molecule has 0 fully saturated rings. The van der Waals surface area contributed by atoms with Gasteiger partial charge in [-0.25, -0.2) is 0 Å². The Hall–Kier alpha value is -1.66. The Bertz CT molecular complexity index is 1050. The number of benzene rings is 2. The summed E-state index contributed by atoms with van der Waals surface area (Å²) in [6.45, 7) is 9.57. The molecule has 5 rings (SSSR count). The van der Waals surface area contributed by atoms with Gasteiger partial charge in [0, 0.05) is 38.2 Å². The van der Waals surface area contributed by atoms with Gasteiger partial charge in [0.15, 0.2) is 0 Å². The molecule has 0 N–H and O–H groups in total. The molecule has 0 aliphatic heterocycles. The molecular weight excluding hydrogens is 420 g/mol. The van der Waals surface area contributed by atoms with Gasteiger partial charge in [-0.2, -0.15) is 0 Å². The molecule has 2 aliphatic carbocycles. The van der Waals surface area contributed by atoms with Crippen molar-refractivity contribution in [3.8, 4) is 11.1 Å². The molecule has 3 aromatic rings. The van der Waals surface area contributed by atoms with Gasteiger partial charge in [0.1, 0.15) is 5.76 Å². The number of hydrogen-bond acceptors (Lipinski definition) is 1. The Morgan fingerprint density at radius 2 is 1.64 bits per heavy atom. The molecule has 139 valence electrons. The maximum Gasteiger partial charge on any atom is 0.130 e. The predicted octanol–water partition coefficient (Wildman–Crippen LogP) is 7.01. The quantitative estimate of drug-likeness (QED) is 0.414. The van der Waals surface area contributed by atoms with Gasteiger partial charge in [-0.1, -0.05) is 64.1 Å². The van der Waals surface area contributed by atoms with Gasteiger partial charge < -0.3 is 4.42 Å². The minimum absolute atomic E-state index is 0. The normalized spacial score (nSPS) is 18.2. The molecule has 1 aromatic heterocycles. The molecule has 0 atom stereocenters. The van der Waals surface area contributed by atoms with Crippen LogP contribution in [0.2, 0.25) is 0 Å². The molecule has 2 heteroatoms. The standard InChI is InChI=1S/C26H25O.Zr/c1-25(2)16-26(3,4)24-21(25)15-18-13-19(22-11-8-12-27-22)14-20(18)23(24)17-9-6-5-7-10-17;/h5-15H,16H2,1-4H3;. The van der Waals surface area contributed by atoms with E-state index in [2.05, 4.69) is 76.6 Å². The van der Waals surface area contributed by atoms with Gasteiger partial charge in [0.25, 0.3) is 0 Å². The van der Waals surface area contributed by atoms with E-state index in [1.165, 1.54) is 39.8 Å². The Kier molecular flexibility index (Phi) is 4.70. The van der Waals surface area contributed by atoms with Crippen molar-refractivity contribution < 1.29 is 30.6 Å². The van der Waals surface area contributed by atoms with Gasteiger partial charge in [-0.05, 0) is 68.8 Å². The largest absolute Gasteiger partial charge is 0.465 e. The second kappa shape index (κ2) is 6.70. The fraction of sp³-hybridized carbons (Fsp3) is 0.269. The fourth-order valence-corrected chi connectivity index (χ4v) is 5.37. The summed E-state index contributed by atoms with van der Waals surface area (Å²) in [5.74, 6) is 0.934. The summed E-state index contributed by atoms with van der Waals surface area (Å²) >= 11 is 0. The summed E-state index contributed by atoms with van der Waals surface area (Å²) in [4.78, 5) is 0.